The normalized spacial score (nSPS) is 24.7. The summed E-state index contributed by atoms with van der Waals surface area (Å²) in [6.07, 6.45) is 6.61. The van der Waals surface area contributed by atoms with Gasteiger partial charge in [-0.15, -0.1) is 0 Å². The van der Waals surface area contributed by atoms with Crippen LogP contribution in [-0.4, -0.2) is 53.1 Å². The Hall–Kier alpha value is -1.69. The number of nitrogens with zero attached hydrogens (tertiary/aromatic N) is 3. The number of ether oxygens (including phenoxy) is 1. The van der Waals surface area contributed by atoms with Gasteiger partial charge in [0.1, 0.15) is 12.1 Å². The van der Waals surface area contributed by atoms with Gasteiger partial charge in [-0.05, 0) is 25.7 Å². The van der Waals surface area contributed by atoms with E-state index in [-0.39, 0.29) is 11.8 Å². The number of amides is 1. The number of carbonyl (C=O) groups excluding carboxylic acids is 1. The lowest BCUT2D eigenvalue weighted by Crippen LogP contribution is -2.38. The first-order chi connectivity index (χ1) is 10.8. The van der Waals surface area contributed by atoms with Crippen molar-refractivity contribution in [2.75, 3.05) is 31.6 Å². The van der Waals surface area contributed by atoms with Crippen LogP contribution in [0.3, 0.4) is 0 Å². The molecular weight excluding hydrogens is 280 g/mol. The van der Waals surface area contributed by atoms with Gasteiger partial charge in [0.25, 0.3) is 0 Å². The second-order valence-corrected chi connectivity index (χ2v) is 6.45. The summed E-state index contributed by atoms with van der Waals surface area (Å²) in [7, 11) is 0. The minimum atomic E-state index is 0.0522. The molecule has 0 bridgehead atoms. The Morgan fingerprint density at radius 1 is 1.23 bits per heavy atom. The van der Waals surface area contributed by atoms with Crippen LogP contribution in [0.5, 0.6) is 0 Å². The van der Waals surface area contributed by atoms with Gasteiger partial charge in [0.15, 0.2) is 0 Å². The Kier molecular flexibility index (Phi) is 3.70. The van der Waals surface area contributed by atoms with E-state index in [2.05, 4.69) is 15.3 Å². The van der Waals surface area contributed by atoms with Crippen LogP contribution in [-0.2, 0) is 22.4 Å². The first-order valence-electron chi connectivity index (χ1n) is 8.27. The van der Waals surface area contributed by atoms with Crippen molar-refractivity contribution in [1.29, 1.82) is 0 Å². The first-order valence-corrected chi connectivity index (χ1v) is 8.27. The van der Waals surface area contributed by atoms with E-state index in [9.17, 15) is 4.79 Å². The van der Waals surface area contributed by atoms with E-state index in [4.69, 9.17) is 4.74 Å². The summed E-state index contributed by atoms with van der Waals surface area (Å²) in [6.45, 7) is 2.80. The largest absolute Gasteiger partial charge is 0.381 e. The molecule has 3 heterocycles. The molecule has 4 rings (SSSR count). The van der Waals surface area contributed by atoms with Crippen LogP contribution < -0.4 is 5.32 Å². The molecule has 1 N–H and O–H groups in total. The molecule has 1 aromatic rings. The van der Waals surface area contributed by atoms with Crippen LogP contribution in [0.15, 0.2) is 6.33 Å². The maximum Gasteiger partial charge on any atom is 0.228 e. The predicted octanol–water partition coefficient (Wildman–Crippen LogP) is 1.01. The lowest BCUT2D eigenvalue weighted by atomic mass is 10.1. The molecule has 1 aliphatic carbocycles. The van der Waals surface area contributed by atoms with Gasteiger partial charge in [-0.2, -0.15) is 0 Å². The minimum absolute atomic E-state index is 0.0522. The van der Waals surface area contributed by atoms with Gasteiger partial charge in [0.2, 0.25) is 5.91 Å². The summed E-state index contributed by atoms with van der Waals surface area (Å²) in [5.41, 5.74) is 2.29. The lowest BCUT2D eigenvalue weighted by molar-refractivity contribution is -0.135. The number of carbonyl (C=O) groups is 1. The second-order valence-electron chi connectivity index (χ2n) is 6.45. The van der Waals surface area contributed by atoms with Gasteiger partial charge in [-0.25, -0.2) is 9.97 Å². The molecule has 1 aromatic heterocycles. The third-order valence-electron chi connectivity index (χ3n) is 4.79. The van der Waals surface area contributed by atoms with E-state index in [1.54, 1.807) is 6.33 Å². The van der Waals surface area contributed by atoms with Gasteiger partial charge in [-0.1, -0.05) is 0 Å². The summed E-state index contributed by atoms with van der Waals surface area (Å²) < 4.78 is 5.35. The monoisotopic (exact) mass is 302 g/mol. The number of rotatable bonds is 3. The summed E-state index contributed by atoms with van der Waals surface area (Å²) >= 11 is 0. The maximum atomic E-state index is 12.6. The average Bonchev–Trinajstić information content (AvgIpc) is 3.23. The van der Waals surface area contributed by atoms with Gasteiger partial charge in [-0.3, -0.25) is 4.79 Å². The highest BCUT2D eigenvalue weighted by Crippen LogP contribution is 2.28. The number of fused-ring (bicyclic) bond motifs is 1. The lowest BCUT2D eigenvalue weighted by Gasteiger charge is -2.23. The van der Waals surface area contributed by atoms with Crippen molar-refractivity contribution in [3.63, 3.8) is 0 Å². The zero-order chi connectivity index (χ0) is 14.9. The molecule has 0 unspecified atom stereocenters. The van der Waals surface area contributed by atoms with Gasteiger partial charge >= 0.3 is 0 Å². The molecule has 0 aromatic carbocycles. The highest BCUT2D eigenvalue weighted by molar-refractivity contribution is 5.79. The molecule has 2 fully saturated rings. The zero-order valence-corrected chi connectivity index (χ0v) is 12.8. The summed E-state index contributed by atoms with van der Waals surface area (Å²) in [6, 6.07) is 0.579. The maximum absolute atomic E-state index is 12.6. The van der Waals surface area contributed by atoms with Gasteiger partial charge < -0.3 is 15.0 Å². The Labute approximate surface area is 130 Å². The summed E-state index contributed by atoms with van der Waals surface area (Å²) in [4.78, 5) is 23.4. The topological polar surface area (TPSA) is 67.3 Å². The molecule has 2 aliphatic heterocycles. The van der Waals surface area contributed by atoms with Crippen molar-refractivity contribution in [1.82, 2.24) is 14.9 Å². The summed E-state index contributed by atoms with van der Waals surface area (Å²) in [5, 5.41) is 3.50. The Morgan fingerprint density at radius 2 is 2.09 bits per heavy atom. The Bertz CT molecular complexity index is 567. The van der Waals surface area contributed by atoms with Gasteiger partial charge in [0.05, 0.1) is 18.2 Å². The first kappa shape index (κ1) is 13.9. The highest BCUT2D eigenvalue weighted by Gasteiger charge is 2.30. The molecule has 3 aliphatic rings. The van der Waals surface area contributed by atoms with E-state index < -0.39 is 0 Å². The number of anilines is 1. The fourth-order valence-electron chi connectivity index (χ4n) is 3.28. The van der Waals surface area contributed by atoms with Crippen molar-refractivity contribution in [3.8, 4) is 0 Å². The van der Waals surface area contributed by atoms with Crippen LogP contribution in [0.4, 0.5) is 5.82 Å². The van der Waals surface area contributed by atoms with E-state index in [0.29, 0.717) is 19.3 Å². The molecule has 1 saturated heterocycles. The van der Waals surface area contributed by atoms with Crippen LogP contribution >= 0.6 is 0 Å². The molecule has 1 saturated carbocycles. The van der Waals surface area contributed by atoms with Crippen molar-refractivity contribution >= 4 is 11.7 Å². The van der Waals surface area contributed by atoms with Crippen LogP contribution in [0.25, 0.3) is 0 Å². The standard InChI is InChI=1S/C16H22N4O2/c21-16(11-5-8-22-9-11)20-6-3-13-14(4-7-20)17-10-18-15(13)19-12-1-2-12/h10-12H,1-9H2,(H,17,18,19)/t11-/m0/s1. The minimum Gasteiger partial charge on any atom is -0.381 e. The molecule has 6 nitrogen and oxygen atoms in total. The van der Waals surface area contributed by atoms with Crippen LogP contribution in [0, 0.1) is 5.92 Å². The third kappa shape index (κ3) is 2.79. The third-order valence-corrected chi connectivity index (χ3v) is 4.79. The van der Waals surface area contributed by atoms with Crippen LogP contribution in [0.1, 0.15) is 30.5 Å². The highest BCUT2D eigenvalue weighted by atomic mass is 16.5. The number of aromatic nitrogens is 2. The molecule has 1 atom stereocenters. The molecule has 22 heavy (non-hydrogen) atoms. The van der Waals surface area contributed by atoms with E-state index in [1.165, 1.54) is 18.4 Å². The van der Waals surface area contributed by atoms with Gasteiger partial charge in [0, 0.05) is 37.7 Å². The van der Waals surface area contributed by atoms with Crippen molar-refractivity contribution in [2.45, 2.75) is 38.1 Å². The fraction of sp³-hybridized carbons (Fsp3) is 0.688. The second kappa shape index (κ2) is 5.83. The Morgan fingerprint density at radius 3 is 2.86 bits per heavy atom. The average molecular weight is 302 g/mol. The van der Waals surface area contributed by atoms with E-state index in [0.717, 1.165) is 43.9 Å². The molecular formula is C16H22N4O2. The SMILES string of the molecule is O=C([C@H]1CCOC1)N1CCc2ncnc(NC3CC3)c2CC1. The fourth-order valence-corrected chi connectivity index (χ4v) is 3.28. The number of nitrogens with one attached hydrogen (secondary N) is 1. The zero-order valence-electron chi connectivity index (χ0n) is 12.8. The smallest absolute Gasteiger partial charge is 0.228 e. The molecule has 0 radical (unpaired) electrons. The molecule has 118 valence electrons. The predicted molar refractivity (Wildman–Crippen MR) is 81.6 cm³/mol. The molecule has 6 heteroatoms. The number of hydrogen-bond acceptors (Lipinski definition) is 5. The van der Waals surface area contributed by atoms with Crippen LogP contribution in [0.2, 0.25) is 0 Å². The van der Waals surface area contributed by atoms with E-state index >= 15 is 0 Å². The van der Waals surface area contributed by atoms with Crippen molar-refractivity contribution in [2.24, 2.45) is 5.92 Å². The van der Waals surface area contributed by atoms with Crippen molar-refractivity contribution < 1.29 is 9.53 Å². The Balaban J connectivity index is 1.48. The molecule has 1 amide bonds. The van der Waals surface area contributed by atoms with Crippen molar-refractivity contribution in [3.05, 3.63) is 17.6 Å². The quantitative estimate of drug-likeness (QED) is 0.903. The summed E-state index contributed by atoms with van der Waals surface area (Å²) in [5.74, 6) is 1.28. The molecule has 0 spiro atoms. The van der Waals surface area contributed by atoms with E-state index in [1.807, 2.05) is 4.90 Å². The number of hydrogen-bond donors (Lipinski definition) is 1.